The van der Waals surface area contributed by atoms with Crippen molar-refractivity contribution < 1.29 is 13.2 Å². The molecule has 0 atom stereocenters. The molecule has 4 rings (SSSR count). The van der Waals surface area contributed by atoms with Crippen LogP contribution in [0.2, 0.25) is 0 Å². The normalized spacial score (nSPS) is 15.4. The Bertz CT molecular complexity index is 1120. The fourth-order valence-electron chi connectivity index (χ4n) is 3.68. The predicted octanol–water partition coefficient (Wildman–Crippen LogP) is 2.40. The lowest BCUT2D eigenvalue weighted by Gasteiger charge is -2.34. The van der Waals surface area contributed by atoms with Gasteiger partial charge in [-0.1, -0.05) is 0 Å². The minimum absolute atomic E-state index is 0.338. The third-order valence-electron chi connectivity index (χ3n) is 5.59. The minimum atomic E-state index is -3.57. The van der Waals surface area contributed by atoms with Crippen LogP contribution in [-0.4, -0.2) is 60.8 Å². The average Bonchev–Trinajstić information content (AvgIpc) is 3.31. The summed E-state index contributed by atoms with van der Waals surface area (Å²) in [5.41, 5.74) is 1.57. The summed E-state index contributed by atoms with van der Waals surface area (Å²) in [7, 11) is -1.98. The molecule has 0 spiro atoms. The van der Waals surface area contributed by atoms with Gasteiger partial charge in [0.2, 0.25) is 10.0 Å². The maximum absolute atomic E-state index is 13.2. The van der Waals surface area contributed by atoms with Crippen LogP contribution in [0.5, 0.6) is 5.75 Å². The maximum Gasteiger partial charge on any atom is 0.243 e. The molecule has 0 saturated carbocycles. The van der Waals surface area contributed by atoms with Crippen LogP contribution in [0.25, 0.3) is 5.82 Å². The van der Waals surface area contributed by atoms with E-state index in [1.54, 1.807) is 23.5 Å². The minimum Gasteiger partial charge on any atom is -0.496 e. The number of nitrogens with zero attached hydrogens (tertiary/aromatic N) is 5. The zero-order chi connectivity index (χ0) is 21.3. The van der Waals surface area contributed by atoms with Crippen molar-refractivity contribution in [2.75, 3.05) is 38.2 Å². The largest absolute Gasteiger partial charge is 0.496 e. The van der Waals surface area contributed by atoms with Crippen molar-refractivity contribution in [3.63, 3.8) is 0 Å². The van der Waals surface area contributed by atoms with Crippen molar-refractivity contribution in [3.8, 4) is 11.6 Å². The molecule has 0 radical (unpaired) electrons. The van der Waals surface area contributed by atoms with Crippen LogP contribution >= 0.6 is 0 Å². The summed E-state index contributed by atoms with van der Waals surface area (Å²) in [5.74, 6) is 2.19. The smallest absolute Gasteiger partial charge is 0.243 e. The number of ether oxygens (including phenoxy) is 1. The zero-order valence-electron chi connectivity index (χ0n) is 17.3. The van der Waals surface area contributed by atoms with Gasteiger partial charge in [-0.05, 0) is 61.4 Å². The second kappa shape index (κ2) is 8.08. The number of rotatable bonds is 5. The number of hydrogen-bond acceptors (Lipinski definition) is 6. The summed E-state index contributed by atoms with van der Waals surface area (Å²) >= 11 is 0. The van der Waals surface area contributed by atoms with Crippen LogP contribution in [0.15, 0.2) is 53.7 Å². The van der Waals surface area contributed by atoms with Gasteiger partial charge in [0.25, 0.3) is 0 Å². The first kappa shape index (κ1) is 20.4. The van der Waals surface area contributed by atoms with E-state index in [9.17, 15) is 8.42 Å². The average molecular weight is 428 g/mol. The topological polar surface area (TPSA) is 80.6 Å². The molecular weight excluding hydrogens is 402 g/mol. The third kappa shape index (κ3) is 3.66. The van der Waals surface area contributed by atoms with Gasteiger partial charge in [-0.2, -0.15) is 4.31 Å². The van der Waals surface area contributed by atoms with Crippen molar-refractivity contribution in [3.05, 3.63) is 59.9 Å². The molecule has 1 aromatic carbocycles. The molecule has 3 aromatic rings. The van der Waals surface area contributed by atoms with E-state index >= 15 is 0 Å². The van der Waals surface area contributed by atoms with Gasteiger partial charge in [-0.3, -0.25) is 0 Å². The van der Waals surface area contributed by atoms with Gasteiger partial charge in [0, 0.05) is 38.6 Å². The lowest BCUT2D eigenvalue weighted by atomic mass is 10.1. The SMILES string of the molecule is COc1ccc(S(=O)(=O)N2CCN(c3ccc(-n4cccc4)nn3)CC2)c(C)c1C. The Kier molecular flexibility index (Phi) is 5.48. The van der Waals surface area contributed by atoms with Gasteiger partial charge in [0.05, 0.1) is 12.0 Å². The third-order valence-corrected chi connectivity index (χ3v) is 7.64. The highest BCUT2D eigenvalue weighted by atomic mass is 32.2. The number of aromatic nitrogens is 3. The van der Waals surface area contributed by atoms with Gasteiger partial charge in [0.1, 0.15) is 5.75 Å². The quantitative estimate of drug-likeness (QED) is 0.622. The number of piperazine rings is 1. The Morgan fingerprint density at radius 1 is 0.867 bits per heavy atom. The van der Waals surface area contributed by atoms with E-state index in [2.05, 4.69) is 15.1 Å². The fourth-order valence-corrected chi connectivity index (χ4v) is 5.38. The van der Waals surface area contributed by atoms with Gasteiger partial charge in [-0.25, -0.2) is 8.42 Å². The molecule has 1 fully saturated rings. The molecule has 8 nitrogen and oxygen atoms in total. The van der Waals surface area contributed by atoms with Crippen LogP contribution < -0.4 is 9.64 Å². The van der Waals surface area contributed by atoms with Crippen LogP contribution in [0.1, 0.15) is 11.1 Å². The molecule has 158 valence electrons. The highest BCUT2D eigenvalue weighted by molar-refractivity contribution is 7.89. The molecule has 0 N–H and O–H groups in total. The number of sulfonamides is 1. The van der Waals surface area contributed by atoms with E-state index < -0.39 is 10.0 Å². The Balaban J connectivity index is 1.47. The van der Waals surface area contributed by atoms with Crippen LogP contribution in [-0.2, 0) is 10.0 Å². The molecule has 0 unspecified atom stereocenters. The standard InChI is InChI=1S/C21H25N5O3S/c1-16-17(2)19(7-6-18(16)29-3)30(27,28)26-14-12-25(13-15-26)21-9-8-20(22-23-21)24-10-4-5-11-24/h4-11H,12-15H2,1-3H3. The zero-order valence-corrected chi connectivity index (χ0v) is 18.1. The summed E-state index contributed by atoms with van der Waals surface area (Å²) < 4.78 is 35.2. The van der Waals surface area contributed by atoms with Crippen molar-refractivity contribution in [2.45, 2.75) is 18.7 Å². The summed E-state index contributed by atoms with van der Waals surface area (Å²) in [4.78, 5) is 2.40. The summed E-state index contributed by atoms with van der Waals surface area (Å²) in [6.45, 7) is 5.61. The lowest BCUT2D eigenvalue weighted by molar-refractivity contribution is 0.382. The molecule has 2 aromatic heterocycles. The van der Waals surface area contributed by atoms with Crippen molar-refractivity contribution in [1.29, 1.82) is 0 Å². The first-order valence-corrected chi connectivity index (χ1v) is 11.2. The van der Waals surface area contributed by atoms with Gasteiger partial charge < -0.3 is 14.2 Å². The summed E-state index contributed by atoms with van der Waals surface area (Å²) in [6.07, 6.45) is 3.83. The molecule has 9 heteroatoms. The van der Waals surface area contributed by atoms with Crippen molar-refractivity contribution >= 4 is 15.8 Å². The Morgan fingerprint density at radius 3 is 2.10 bits per heavy atom. The molecule has 3 heterocycles. The van der Waals surface area contributed by atoms with Crippen LogP contribution in [0.4, 0.5) is 5.82 Å². The van der Waals surface area contributed by atoms with E-state index in [0.29, 0.717) is 36.8 Å². The van der Waals surface area contributed by atoms with Crippen molar-refractivity contribution in [2.24, 2.45) is 0 Å². The van der Waals surface area contributed by atoms with E-state index in [4.69, 9.17) is 4.74 Å². The number of hydrogen-bond donors (Lipinski definition) is 0. The van der Waals surface area contributed by atoms with Crippen LogP contribution in [0.3, 0.4) is 0 Å². The summed E-state index contributed by atoms with van der Waals surface area (Å²) in [5, 5.41) is 8.60. The molecule has 0 amide bonds. The summed E-state index contributed by atoms with van der Waals surface area (Å²) in [6, 6.07) is 11.0. The lowest BCUT2D eigenvalue weighted by Crippen LogP contribution is -2.49. The molecule has 0 aliphatic carbocycles. The molecule has 0 bridgehead atoms. The van der Waals surface area contributed by atoms with E-state index in [1.165, 1.54) is 0 Å². The monoisotopic (exact) mass is 427 g/mol. The number of anilines is 1. The van der Waals surface area contributed by atoms with E-state index in [0.717, 1.165) is 22.8 Å². The van der Waals surface area contributed by atoms with Crippen molar-refractivity contribution in [1.82, 2.24) is 19.1 Å². The molecule has 1 aliphatic heterocycles. The van der Waals surface area contributed by atoms with E-state index in [-0.39, 0.29) is 0 Å². The second-order valence-electron chi connectivity index (χ2n) is 7.25. The highest BCUT2D eigenvalue weighted by Gasteiger charge is 2.30. The second-order valence-corrected chi connectivity index (χ2v) is 9.15. The Morgan fingerprint density at radius 2 is 1.50 bits per heavy atom. The predicted molar refractivity (Wildman–Crippen MR) is 115 cm³/mol. The van der Waals surface area contributed by atoms with E-state index in [1.807, 2.05) is 55.1 Å². The fraction of sp³-hybridized carbons (Fsp3) is 0.333. The maximum atomic E-state index is 13.2. The van der Waals surface area contributed by atoms with Gasteiger partial charge >= 0.3 is 0 Å². The number of benzene rings is 1. The van der Waals surface area contributed by atoms with Gasteiger partial charge in [-0.15, -0.1) is 10.2 Å². The highest BCUT2D eigenvalue weighted by Crippen LogP contribution is 2.29. The Hall–Kier alpha value is -2.91. The first-order chi connectivity index (χ1) is 14.4. The molecule has 1 saturated heterocycles. The first-order valence-electron chi connectivity index (χ1n) is 9.78. The van der Waals surface area contributed by atoms with Crippen LogP contribution in [0, 0.1) is 13.8 Å². The molecular formula is C21H25N5O3S. The van der Waals surface area contributed by atoms with Gasteiger partial charge in [0.15, 0.2) is 11.6 Å². The Labute approximate surface area is 176 Å². The number of methoxy groups -OCH3 is 1. The molecule has 30 heavy (non-hydrogen) atoms. The molecule has 1 aliphatic rings.